The molecule has 5 nitrogen and oxygen atoms in total. The number of hydrogen-bond donors (Lipinski definition) is 0. The minimum absolute atomic E-state index is 0.291. The molecule has 0 radical (unpaired) electrons. The van der Waals surface area contributed by atoms with Crippen molar-refractivity contribution in [2.24, 2.45) is 0 Å². The first-order valence-electron chi connectivity index (χ1n) is 7.63. The van der Waals surface area contributed by atoms with Gasteiger partial charge in [-0.3, -0.25) is 0 Å². The van der Waals surface area contributed by atoms with Gasteiger partial charge in [-0.05, 0) is 37.1 Å². The van der Waals surface area contributed by atoms with E-state index < -0.39 is 15.6 Å². The molecule has 6 heteroatoms. The SMILES string of the molecule is CC(C)(C)[N+]([O-])=Cc1ccc(S(=O)(=O)N2CCCCC2)cc1. The second-order valence-electron chi connectivity index (χ2n) is 6.66. The summed E-state index contributed by atoms with van der Waals surface area (Å²) in [4.78, 5) is 0.291. The Morgan fingerprint density at radius 2 is 1.64 bits per heavy atom. The third kappa shape index (κ3) is 3.87. The summed E-state index contributed by atoms with van der Waals surface area (Å²) in [5, 5.41) is 11.9. The lowest BCUT2D eigenvalue weighted by atomic mass is 10.1. The minimum Gasteiger partial charge on any atom is -0.623 e. The van der Waals surface area contributed by atoms with Gasteiger partial charge in [-0.15, -0.1) is 0 Å². The molecule has 0 amide bonds. The highest BCUT2D eigenvalue weighted by atomic mass is 32.2. The number of sulfonamides is 1. The van der Waals surface area contributed by atoms with Crippen molar-refractivity contribution >= 4 is 16.2 Å². The fraction of sp³-hybridized carbons (Fsp3) is 0.562. The van der Waals surface area contributed by atoms with Crippen LogP contribution in [0.4, 0.5) is 0 Å². The fourth-order valence-corrected chi connectivity index (χ4v) is 3.83. The van der Waals surface area contributed by atoms with Crippen molar-refractivity contribution in [3.8, 4) is 0 Å². The summed E-state index contributed by atoms with van der Waals surface area (Å²) in [6.07, 6.45) is 4.41. The lowest BCUT2D eigenvalue weighted by Gasteiger charge is -2.25. The Morgan fingerprint density at radius 3 is 2.14 bits per heavy atom. The van der Waals surface area contributed by atoms with Crippen LogP contribution in [0.1, 0.15) is 45.6 Å². The highest BCUT2D eigenvalue weighted by Crippen LogP contribution is 2.20. The highest BCUT2D eigenvalue weighted by molar-refractivity contribution is 7.89. The molecule has 0 bridgehead atoms. The molecule has 0 atom stereocenters. The van der Waals surface area contributed by atoms with Crippen LogP contribution in [0.2, 0.25) is 0 Å². The van der Waals surface area contributed by atoms with Crippen molar-refractivity contribution in [3.05, 3.63) is 35.0 Å². The quantitative estimate of drug-likeness (QED) is 0.371. The standard InChI is InChI=1S/C16H24N2O3S/c1-16(2,3)18(19)13-14-7-9-15(10-8-14)22(20,21)17-11-5-4-6-12-17/h7-10,13H,4-6,11-12H2,1-3H3. The molecule has 1 fully saturated rings. The normalized spacial score (nSPS) is 18.4. The zero-order valence-electron chi connectivity index (χ0n) is 13.4. The van der Waals surface area contributed by atoms with Crippen LogP contribution in [0.15, 0.2) is 29.2 Å². The molecule has 1 aromatic carbocycles. The largest absolute Gasteiger partial charge is 0.623 e. The number of piperidine rings is 1. The van der Waals surface area contributed by atoms with Gasteiger partial charge < -0.3 is 5.21 Å². The van der Waals surface area contributed by atoms with Crippen LogP contribution in [0, 0.1) is 5.21 Å². The zero-order chi connectivity index (χ0) is 16.4. The second-order valence-corrected chi connectivity index (χ2v) is 8.60. The van der Waals surface area contributed by atoms with Crippen LogP contribution in [-0.2, 0) is 10.0 Å². The first kappa shape index (κ1) is 17.0. The predicted molar refractivity (Wildman–Crippen MR) is 87.6 cm³/mol. The average Bonchev–Trinajstić information content (AvgIpc) is 2.48. The molecule has 22 heavy (non-hydrogen) atoms. The Labute approximate surface area is 132 Å². The molecule has 0 unspecified atom stereocenters. The molecule has 2 rings (SSSR count). The monoisotopic (exact) mass is 324 g/mol. The Bertz CT molecular complexity index is 637. The smallest absolute Gasteiger partial charge is 0.243 e. The predicted octanol–water partition coefficient (Wildman–Crippen LogP) is 2.59. The van der Waals surface area contributed by atoms with E-state index in [1.807, 2.05) is 20.8 Å². The first-order valence-corrected chi connectivity index (χ1v) is 9.07. The van der Waals surface area contributed by atoms with Crippen LogP contribution in [0.5, 0.6) is 0 Å². The van der Waals surface area contributed by atoms with Crippen LogP contribution in [0.3, 0.4) is 0 Å². The number of rotatable bonds is 3. The van der Waals surface area contributed by atoms with Crippen LogP contribution < -0.4 is 0 Å². The Hall–Kier alpha value is -1.40. The van der Waals surface area contributed by atoms with E-state index in [2.05, 4.69) is 0 Å². The summed E-state index contributed by atoms with van der Waals surface area (Å²) in [7, 11) is -3.41. The Kier molecular flexibility index (Phi) is 4.92. The van der Waals surface area contributed by atoms with Gasteiger partial charge in [0, 0.05) is 39.4 Å². The maximum absolute atomic E-state index is 12.5. The van der Waals surface area contributed by atoms with E-state index in [1.165, 1.54) is 6.21 Å². The fourth-order valence-electron chi connectivity index (χ4n) is 2.31. The molecular weight excluding hydrogens is 300 g/mol. The number of hydrogen-bond acceptors (Lipinski definition) is 3. The van der Waals surface area contributed by atoms with Gasteiger partial charge in [-0.1, -0.05) is 6.42 Å². The van der Waals surface area contributed by atoms with E-state index >= 15 is 0 Å². The second kappa shape index (κ2) is 6.38. The van der Waals surface area contributed by atoms with Gasteiger partial charge in [0.15, 0.2) is 11.8 Å². The lowest BCUT2D eigenvalue weighted by molar-refractivity contribution is -0.530. The summed E-state index contributed by atoms with van der Waals surface area (Å²) in [6, 6.07) is 6.50. The molecule has 0 spiro atoms. The van der Waals surface area contributed by atoms with Crippen LogP contribution in [-0.4, -0.2) is 42.3 Å². The molecule has 0 aliphatic carbocycles. The molecule has 1 saturated heterocycles. The summed E-state index contributed by atoms with van der Waals surface area (Å²) in [6.45, 7) is 6.66. The van der Waals surface area contributed by atoms with Crippen molar-refractivity contribution < 1.29 is 13.2 Å². The van der Waals surface area contributed by atoms with E-state index in [0.29, 0.717) is 23.5 Å². The van der Waals surface area contributed by atoms with Gasteiger partial charge in [0.1, 0.15) is 0 Å². The number of hydroxylamine groups is 1. The molecule has 0 aromatic heterocycles. The molecule has 1 aliphatic heterocycles. The molecule has 1 heterocycles. The summed E-state index contributed by atoms with van der Waals surface area (Å²) in [5.74, 6) is 0. The van der Waals surface area contributed by atoms with Gasteiger partial charge in [-0.2, -0.15) is 4.31 Å². The number of nitrogens with zero attached hydrogens (tertiary/aromatic N) is 2. The summed E-state index contributed by atoms with van der Waals surface area (Å²) >= 11 is 0. The van der Waals surface area contributed by atoms with E-state index in [4.69, 9.17) is 0 Å². The van der Waals surface area contributed by atoms with Crippen LogP contribution in [0.25, 0.3) is 0 Å². The van der Waals surface area contributed by atoms with Gasteiger partial charge >= 0.3 is 0 Å². The van der Waals surface area contributed by atoms with Crippen molar-refractivity contribution in [3.63, 3.8) is 0 Å². The van der Waals surface area contributed by atoms with E-state index in [1.54, 1.807) is 28.6 Å². The Morgan fingerprint density at radius 1 is 1.09 bits per heavy atom. The van der Waals surface area contributed by atoms with E-state index in [0.717, 1.165) is 24.0 Å². The molecular formula is C16H24N2O3S. The summed E-state index contributed by atoms with van der Waals surface area (Å²) in [5.41, 5.74) is 0.181. The first-order chi connectivity index (χ1) is 10.2. The van der Waals surface area contributed by atoms with E-state index in [9.17, 15) is 13.6 Å². The third-order valence-corrected chi connectivity index (χ3v) is 5.67. The maximum Gasteiger partial charge on any atom is 0.243 e. The van der Waals surface area contributed by atoms with Gasteiger partial charge in [0.05, 0.1) is 4.90 Å². The van der Waals surface area contributed by atoms with E-state index in [-0.39, 0.29) is 0 Å². The molecule has 0 N–H and O–H groups in total. The lowest BCUT2D eigenvalue weighted by Crippen LogP contribution is -2.35. The van der Waals surface area contributed by atoms with Gasteiger partial charge in [0.25, 0.3) is 0 Å². The zero-order valence-corrected chi connectivity index (χ0v) is 14.3. The van der Waals surface area contributed by atoms with Crippen molar-refractivity contribution in [2.45, 2.75) is 50.5 Å². The molecule has 1 aromatic rings. The van der Waals surface area contributed by atoms with Gasteiger partial charge in [-0.25, -0.2) is 13.2 Å². The summed E-state index contributed by atoms with van der Waals surface area (Å²) < 4.78 is 27.5. The third-order valence-electron chi connectivity index (χ3n) is 3.76. The number of benzene rings is 1. The van der Waals surface area contributed by atoms with Crippen molar-refractivity contribution in [2.75, 3.05) is 13.1 Å². The topological polar surface area (TPSA) is 63.5 Å². The van der Waals surface area contributed by atoms with Crippen molar-refractivity contribution in [1.29, 1.82) is 0 Å². The Balaban J connectivity index is 2.21. The average molecular weight is 324 g/mol. The van der Waals surface area contributed by atoms with Crippen LogP contribution >= 0.6 is 0 Å². The molecule has 0 saturated carbocycles. The minimum atomic E-state index is -3.41. The highest BCUT2D eigenvalue weighted by Gasteiger charge is 2.25. The molecule has 1 aliphatic rings. The van der Waals surface area contributed by atoms with Gasteiger partial charge in [0.2, 0.25) is 10.0 Å². The molecule has 122 valence electrons. The van der Waals surface area contributed by atoms with Crippen molar-refractivity contribution in [1.82, 2.24) is 4.31 Å². The maximum atomic E-state index is 12.5.